The van der Waals surface area contributed by atoms with Crippen LogP contribution in [-0.2, 0) is 0 Å². The zero-order valence-corrected chi connectivity index (χ0v) is 15.0. The van der Waals surface area contributed by atoms with Crippen LogP contribution in [0, 0.1) is 17.0 Å². The lowest BCUT2D eigenvalue weighted by atomic mass is 9.91. The van der Waals surface area contributed by atoms with Crippen LogP contribution in [0.25, 0.3) is 0 Å². The van der Waals surface area contributed by atoms with E-state index >= 15 is 0 Å². The molecule has 0 heterocycles. The van der Waals surface area contributed by atoms with Gasteiger partial charge in [-0.25, -0.2) is 0 Å². The molecule has 0 aromatic heterocycles. The predicted octanol–water partition coefficient (Wildman–Crippen LogP) is 4.47. The molecular weight excluding hydrogens is 340 g/mol. The molecule has 5 heteroatoms. The van der Waals surface area contributed by atoms with Crippen LogP contribution < -0.4 is 5.32 Å². The fourth-order valence-corrected chi connectivity index (χ4v) is 3.10. The molecule has 136 valence electrons. The molecule has 0 aliphatic heterocycles. The number of nitro benzene ring substituents is 1. The Hall–Kier alpha value is -3.47. The molecule has 1 N–H and O–H groups in total. The van der Waals surface area contributed by atoms with Crippen LogP contribution in [-0.4, -0.2) is 17.4 Å². The summed E-state index contributed by atoms with van der Waals surface area (Å²) in [6.07, 6.45) is 0. The van der Waals surface area contributed by atoms with Crippen molar-refractivity contribution in [1.29, 1.82) is 0 Å². The van der Waals surface area contributed by atoms with E-state index < -0.39 is 4.92 Å². The van der Waals surface area contributed by atoms with Crippen molar-refractivity contribution in [2.45, 2.75) is 12.8 Å². The molecule has 5 nitrogen and oxygen atoms in total. The lowest BCUT2D eigenvalue weighted by Gasteiger charge is -2.19. The van der Waals surface area contributed by atoms with Crippen LogP contribution in [0.4, 0.5) is 5.69 Å². The van der Waals surface area contributed by atoms with E-state index in [2.05, 4.69) is 5.32 Å². The number of nitrogens with one attached hydrogen (secondary N) is 1. The van der Waals surface area contributed by atoms with E-state index in [9.17, 15) is 14.9 Å². The summed E-state index contributed by atoms with van der Waals surface area (Å²) in [6.45, 7) is 2.06. The van der Waals surface area contributed by atoms with E-state index in [-0.39, 0.29) is 17.5 Å². The van der Waals surface area contributed by atoms with Gasteiger partial charge in [-0.15, -0.1) is 0 Å². The second-order valence-corrected chi connectivity index (χ2v) is 6.34. The molecular formula is C22H20N2O3. The first-order chi connectivity index (χ1) is 13.1. The Morgan fingerprint density at radius 2 is 1.52 bits per heavy atom. The molecule has 3 aromatic rings. The summed E-state index contributed by atoms with van der Waals surface area (Å²) in [5, 5.41) is 13.9. The van der Waals surface area contributed by atoms with Crippen molar-refractivity contribution in [3.8, 4) is 0 Å². The molecule has 3 aromatic carbocycles. The van der Waals surface area contributed by atoms with E-state index in [1.54, 1.807) is 13.0 Å². The molecule has 0 unspecified atom stereocenters. The average Bonchev–Trinajstić information content (AvgIpc) is 2.69. The van der Waals surface area contributed by atoms with Gasteiger partial charge in [-0.2, -0.15) is 0 Å². The SMILES string of the molecule is Cc1cc(C(=O)NCC(c2ccccc2)c2ccccc2)ccc1[N+](=O)[O-]. The number of nitrogens with zero attached hydrogens (tertiary/aromatic N) is 1. The zero-order valence-electron chi connectivity index (χ0n) is 15.0. The van der Waals surface area contributed by atoms with Crippen molar-refractivity contribution in [3.63, 3.8) is 0 Å². The number of hydrogen-bond donors (Lipinski definition) is 1. The normalized spacial score (nSPS) is 10.6. The molecule has 0 radical (unpaired) electrons. The van der Waals surface area contributed by atoms with Crippen molar-refractivity contribution < 1.29 is 9.72 Å². The first-order valence-electron chi connectivity index (χ1n) is 8.69. The Labute approximate surface area is 157 Å². The minimum Gasteiger partial charge on any atom is -0.351 e. The Morgan fingerprint density at radius 3 is 2.00 bits per heavy atom. The number of amides is 1. The fourth-order valence-electron chi connectivity index (χ4n) is 3.10. The number of carbonyl (C=O) groups is 1. The first-order valence-corrected chi connectivity index (χ1v) is 8.69. The molecule has 0 saturated heterocycles. The Balaban J connectivity index is 1.78. The molecule has 0 aliphatic carbocycles. The van der Waals surface area contributed by atoms with E-state index in [1.807, 2.05) is 60.7 Å². The van der Waals surface area contributed by atoms with Crippen LogP contribution >= 0.6 is 0 Å². The van der Waals surface area contributed by atoms with Gasteiger partial charge in [0.1, 0.15) is 0 Å². The van der Waals surface area contributed by atoms with Crippen LogP contribution in [0.15, 0.2) is 78.9 Å². The van der Waals surface area contributed by atoms with Gasteiger partial charge in [0, 0.05) is 29.7 Å². The monoisotopic (exact) mass is 360 g/mol. The number of carbonyl (C=O) groups excluding carboxylic acids is 1. The van der Waals surface area contributed by atoms with E-state index in [0.29, 0.717) is 17.7 Å². The molecule has 0 atom stereocenters. The number of hydrogen-bond acceptors (Lipinski definition) is 3. The Bertz CT molecular complexity index is 901. The van der Waals surface area contributed by atoms with Crippen molar-refractivity contribution >= 4 is 11.6 Å². The van der Waals surface area contributed by atoms with Crippen LogP contribution in [0.5, 0.6) is 0 Å². The van der Waals surface area contributed by atoms with Gasteiger partial charge in [-0.3, -0.25) is 14.9 Å². The van der Waals surface area contributed by atoms with E-state index in [4.69, 9.17) is 0 Å². The maximum Gasteiger partial charge on any atom is 0.272 e. The number of rotatable bonds is 6. The van der Waals surface area contributed by atoms with E-state index in [1.165, 1.54) is 12.1 Å². The smallest absolute Gasteiger partial charge is 0.272 e. The fraction of sp³-hybridized carbons (Fsp3) is 0.136. The van der Waals surface area contributed by atoms with Crippen LogP contribution in [0.2, 0.25) is 0 Å². The summed E-state index contributed by atoms with van der Waals surface area (Å²) in [5.41, 5.74) is 3.12. The summed E-state index contributed by atoms with van der Waals surface area (Å²) in [6, 6.07) is 24.4. The molecule has 0 saturated carbocycles. The number of nitro groups is 1. The number of aryl methyl sites for hydroxylation is 1. The quantitative estimate of drug-likeness (QED) is 0.521. The summed E-state index contributed by atoms with van der Waals surface area (Å²) >= 11 is 0. The molecule has 27 heavy (non-hydrogen) atoms. The third-order valence-electron chi connectivity index (χ3n) is 4.53. The van der Waals surface area contributed by atoms with Crippen LogP contribution in [0.3, 0.4) is 0 Å². The van der Waals surface area contributed by atoms with Gasteiger partial charge >= 0.3 is 0 Å². The summed E-state index contributed by atoms with van der Waals surface area (Å²) in [7, 11) is 0. The van der Waals surface area contributed by atoms with E-state index in [0.717, 1.165) is 11.1 Å². The topological polar surface area (TPSA) is 72.2 Å². The maximum atomic E-state index is 12.6. The predicted molar refractivity (Wildman–Crippen MR) is 105 cm³/mol. The third-order valence-corrected chi connectivity index (χ3v) is 4.53. The highest BCUT2D eigenvalue weighted by Gasteiger charge is 2.17. The Morgan fingerprint density at radius 1 is 0.963 bits per heavy atom. The average molecular weight is 360 g/mol. The van der Waals surface area contributed by atoms with Gasteiger partial charge in [0.15, 0.2) is 0 Å². The zero-order chi connectivity index (χ0) is 19.2. The highest BCUT2D eigenvalue weighted by atomic mass is 16.6. The highest BCUT2D eigenvalue weighted by Crippen LogP contribution is 2.24. The van der Waals surface area contributed by atoms with Gasteiger partial charge in [-0.05, 0) is 30.2 Å². The summed E-state index contributed by atoms with van der Waals surface area (Å²) in [5.74, 6) is -0.222. The highest BCUT2D eigenvalue weighted by molar-refractivity contribution is 5.94. The standard InChI is InChI=1S/C22H20N2O3/c1-16-14-19(12-13-21(16)24(26)27)22(25)23-15-20(17-8-4-2-5-9-17)18-10-6-3-7-11-18/h2-14,20H,15H2,1H3,(H,23,25). The van der Waals surface area contributed by atoms with Gasteiger partial charge in [-0.1, -0.05) is 60.7 Å². The largest absolute Gasteiger partial charge is 0.351 e. The lowest BCUT2D eigenvalue weighted by molar-refractivity contribution is -0.385. The van der Waals surface area contributed by atoms with Crippen molar-refractivity contribution in [3.05, 3.63) is 111 Å². The second kappa shape index (κ2) is 8.27. The summed E-state index contributed by atoms with van der Waals surface area (Å²) < 4.78 is 0. The molecule has 0 fully saturated rings. The molecule has 1 amide bonds. The summed E-state index contributed by atoms with van der Waals surface area (Å²) in [4.78, 5) is 23.1. The van der Waals surface area contributed by atoms with Crippen molar-refractivity contribution in [1.82, 2.24) is 5.32 Å². The van der Waals surface area contributed by atoms with Crippen LogP contribution in [0.1, 0.15) is 33.0 Å². The molecule has 0 bridgehead atoms. The van der Waals surface area contributed by atoms with Gasteiger partial charge in [0.2, 0.25) is 0 Å². The minimum absolute atomic E-state index is 0.0120. The number of benzene rings is 3. The van der Waals surface area contributed by atoms with Gasteiger partial charge in [0.05, 0.1) is 4.92 Å². The molecule has 0 spiro atoms. The Kier molecular flexibility index (Phi) is 5.61. The maximum absolute atomic E-state index is 12.6. The third kappa shape index (κ3) is 4.39. The second-order valence-electron chi connectivity index (χ2n) is 6.34. The van der Waals surface area contributed by atoms with Crippen molar-refractivity contribution in [2.24, 2.45) is 0 Å². The molecule has 0 aliphatic rings. The lowest BCUT2D eigenvalue weighted by Crippen LogP contribution is -2.29. The van der Waals surface area contributed by atoms with Gasteiger partial charge < -0.3 is 5.32 Å². The molecule has 3 rings (SSSR count). The first kappa shape index (κ1) is 18.3. The minimum atomic E-state index is -0.447. The van der Waals surface area contributed by atoms with Crippen molar-refractivity contribution in [2.75, 3.05) is 6.54 Å². The van der Waals surface area contributed by atoms with Gasteiger partial charge in [0.25, 0.3) is 11.6 Å².